The molecule has 0 bridgehead atoms. The summed E-state index contributed by atoms with van der Waals surface area (Å²) in [6.45, 7) is 4.97. The van der Waals surface area contributed by atoms with Gasteiger partial charge in [-0.15, -0.1) is 11.8 Å². The van der Waals surface area contributed by atoms with Gasteiger partial charge in [0.15, 0.2) is 0 Å². The molecular weight excluding hydrogens is 468 g/mol. The predicted molar refractivity (Wildman–Crippen MR) is 121 cm³/mol. The maximum Gasteiger partial charge on any atom is 0.265 e. The minimum atomic E-state index is -4.47. The number of nitrogens with zero attached hydrogens (tertiary/aromatic N) is 3. The molecule has 0 unspecified atom stereocenters. The van der Waals surface area contributed by atoms with E-state index in [0.717, 1.165) is 0 Å². The summed E-state index contributed by atoms with van der Waals surface area (Å²) in [5.41, 5.74) is 6.12. The van der Waals surface area contributed by atoms with Crippen molar-refractivity contribution >= 4 is 27.7 Å². The SMILES string of the molecule is Cc1cc(CSC(C)(C)[C@H](C(N)=O)N(O)S(=O)(=O)c2ccc(Oc3ccccn3)cc2)no1. The standard InChI is InChI=1S/C21H24N4O6S2/c1-14-12-15(24-31-14)13-32-21(2,3)19(20(22)26)25(27)33(28,29)17-9-7-16(8-10-17)30-18-6-4-5-11-23-18/h4-12,19,27H,13H2,1-3H3,(H2,22,26)/t19-/m0/s1. The fraction of sp³-hybridized carbons (Fsp3) is 0.286. The first-order valence-electron chi connectivity index (χ1n) is 9.78. The van der Waals surface area contributed by atoms with Gasteiger partial charge in [0, 0.05) is 28.8 Å². The molecule has 1 amide bonds. The first-order chi connectivity index (χ1) is 15.5. The van der Waals surface area contributed by atoms with E-state index in [1.807, 2.05) is 0 Å². The summed E-state index contributed by atoms with van der Waals surface area (Å²) in [7, 11) is -4.47. The van der Waals surface area contributed by atoms with Crippen LogP contribution >= 0.6 is 11.8 Å². The van der Waals surface area contributed by atoms with Crippen LogP contribution in [0.15, 0.2) is 64.1 Å². The summed E-state index contributed by atoms with van der Waals surface area (Å²) < 4.78 is 35.6. The van der Waals surface area contributed by atoms with Gasteiger partial charge in [-0.1, -0.05) is 15.7 Å². The molecule has 3 aromatic rings. The lowest BCUT2D eigenvalue weighted by atomic mass is 10.0. The van der Waals surface area contributed by atoms with Crippen molar-refractivity contribution < 1.29 is 27.7 Å². The van der Waals surface area contributed by atoms with E-state index in [4.69, 9.17) is 15.0 Å². The molecule has 0 radical (unpaired) electrons. The lowest BCUT2D eigenvalue weighted by molar-refractivity contribution is -0.132. The Bertz CT molecular complexity index is 1200. The number of thioether (sulfide) groups is 1. The van der Waals surface area contributed by atoms with Crippen molar-refractivity contribution in [3.8, 4) is 11.6 Å². The van der Waals surface area contributed by atoms with Crippen molar-refractivity contribution in [2.75, 3.05) is 0 Å². The highest BCUT2D eigenvalue weighted by atomic mass is 32.2. The van der Waals surface area contributed by atoms with Crippen molar-refractivity contribution in [2.24, 2.45) is 5.73 Å². The zero-order chi connectivity index (χ0) is 24.2. The second-order valence-electron chi connectivity index (χ2n) is 7.64. The summed E-state index contributed by atoms with van der Waals surface area (Å²) in [4.78, 5) is 16.0. The number of hydrogen-bond donors (Lipinski definition) is 2. The van der Waals surface area contributed by atoms with E-state index in [1.165, 1.54) is 36.0 Å². The fourth-order valence-corrected chi connectivity index (χ4v) is 5.43. The summed E-state index contributed by atoms with van der Waals surface area (Å²) in [6.07, 6.45) is 1.56. The van der Waals surface area contributed by atoms with Gasteiger partial charge in [-0.3, -0.25) is 10.0 Å². The van der Waals surface area contributed by atoms with Crippen LogP contribution in [0.1, 0.15) is 25.3 Å². The fourth-order valence-electron chi connectivity index (χ4n) is 3.00. The number of nitrogens with two attached hydrogens (primary N) is 1. The molecule has 0 aliphatic heterocycles. The molecule has 0 aliphatic carbocycles. The molecule has 0 saturated heterocycles. The molecule has 33 heavy (non-hydrogen) atoms. The largest absolute Gasteiger partial charge is 0.439 e. The first kappa shape index (κ1) is 24.7. The Hall–Kier alpha value is -2.93. The van der Waals surface area contributed by atoms with Crippen LogP contribution in [0.2, 0.25) is 0 Å². The average molecular weight is 493 g/mol. The number of amides is 1. The van der Waals surface area contributed by atoms with E-state index in [-0.39, 0.29) is 9.36 Å². The third-order valence-electron chi connectivity index (χ3n) is 4.65. The normalized spacial score (nSPS) is 13.1. The van der Waals surface area contributed by atoms with Crippen molar-refractivity contribution in [3.63, 3.8) is 0 Å². The zero-order valence-electron chi connectivity index (χ0n) is 18.2. The van der Waals surface area contributed by atoms with E-state index >= 15 is 0 Å². The molecule has 2 aromatic heterocycles. The minimum Gasteiger partial charge on any atom is -0.439 e. The maximum absolute atomic E-state index is 13.1. The van der Waals surface area contributed by atoms with Crippen LogP contribution in [-0.2, 0) is 20.6 Å². The highest BCUT2D eigenvalue weighted by molar-refractivity contribution is 8.00. The van der Waals surface area contributed by atoms with Gasteiger partial charge < -0.3 is 15.0 Å². The lowest BCUT2D eigenvalue weighted by Gasteiger charge is -2.35. The van der Waals surface area contributed by atoms with Crippen LogP contribution in [0.3, 0.4) is 0 Å². The highest BCUT2D eigenvalue weighted by Gasteiger charge is 2.44. The number of rotatable bonds is 10. The molecule has 10 nitrogen and oxygen atoms in total. The molecule has 0 fully saturated rings. The van der Waals surface area contributed by atoms with Gasteiger partial charge in [0.25, 0.3) is 10.0 Å². The van der Waals surface area contributed by atoms with Crippen molar-refractivity contribution in [2.45, 2.75) is 42.2 Å². The van der Waals surface area contributed by atoms with E-state index in [2.05, 4.69) is 10.1 Å². The molecule has 0 saturated carbocycles. The summed E-state index contributed by atoms with van der Waals surface area (Å²) >= 11 is 1.21. The number of primary amides is 1. The van der Waals surface area contributed by atoms with E-state index in [1.54, 1.807) is 51.2 Å². The number of sulfonamides is 1. The molecule has 1 aromatic carbocycles. The number of carbonyl (C=O) groups is 1. The zero-order valence-corrected chi connectivity index (χ0v) is 19.8. The summed E-state index contributed by atoms with van der Waals surface area (Å²) in [5, 5.41) is 14.5. The number of ether oxygens (including phenoxy) is 1. The van der Waals surface area contributed by atoms with Crippen LogP contribution in [0.25, 0.3) is 0 Å². The quantitative estimate of drug-likeness (QED) is 0.407. The smallest absolute Gasteiger partial charge is 0.265 e. The Kier molecular flexibility index (Phi) is 7.42. The Balaban J connectivity index is 1.78. The van der Waals surface area contributed by atoms with Gasteiger partial charge in [0.05, 0.1) is 10.6 Å². The van der Waals surface area contributed by atoms with Gasteiger partial charge >= 0.3 is 0 Å². The minimum absolute atomic E-state index is 0.0188. The second-order valence-corrected chi connectivity index (χ2v) is 11.1. The summed E-state index contributed by atoms with van der Waals surface area (Å²) in [6, 6.07) is 10.7. The van der Waals surface area contributed by atoms with Crippen LogP contribution in [-0.4, -0.2) is 44.9 Å². The molecular formula is C21H24N4O6S2. The van der Waals surface area contributed by atoms with Gasteiger partial charge in [-0.05, 0) is 51.1 Å². The molecule has 1 atom stereocenters. The van der Waals surface area contributed by atoms with Gasteiger partial charge in [-0.25, -0.2) is 13.4 Å². The predicted octanol–water partition coefficient (Wildman–Crippen LogP) is 3.12. The number of hydroxylamine groups is 1. The van der Waals surface area contributed by atoms with Crippen LogP contribution in [0, 0.1) is 6.92 Å². The molecule has 3 N–H and O–H groups in total. The van der Waals surface area contributed by atoms with Gasteiger partial charge in [-0.2, -0.15) is 0 Å². The van der Waals surface area contributed by atoms with E-state index < -0.39 is 26.7 Å². The van der Waals surface area contributed by atoms with Crippen molar-refractivity contribution in [1.29, 1.82) is 0 Å². The number of aryl methyl sites for hydroxylation is 1. The monoisotopic (exact) mass is 492 g/mol. The third kappa shape index (κ3) is 5.90. The molecule has 0 aliphatic rings. The average Bonchev–Trinajstić information content (AvgIpc) is 3.18. The van der Waals surface area contributed by atoms with Gasteiger partial charge in [0.1, 0.15) is 17.6 Å². The van der Waals surface area contributed by atoms with Crippen LogP contribution in [0.4, 0.5) is 0 Å². The Morgan fingerprint density at radius 1 is 1.27 bits per heavy atom. The van der Waals surface area contributed by atoms with E-state index in [9.17, 15) is 18.4 Å². The number of pyridine rings is 1. The lowest BCUT2D eigenvalue weighted by Crippen LogP contribution is -2.55. The molecule has 2 heterocycles. The number of benzene rings is 1. The Labute approximate surface area is 195 Å². The third-order valence-corrected chi connectivity index (χ3v) is 7.62. The summed E-state index contributed by atoms with van der Waals surface area (Å²) in [5.74, 6) is 0.637. The van der Waals surface area contributed by atoms with Crippen LogP contribution < -0.4 is 10.5 Å². The molecule has 3 rings (SSSR count). The van der Waals surface area contributed by atoms with Crippen molar-refractivity contribution in [3.05, 3.63) is 66.2 Å². The highest BCUT2D eigenvalue weighted by Crippen LogP contribution is 2.35. The van der Waals surface area contributed by atoms with Crippen molar-refractivity contribution in [1.82, 2.24) is 14.6 Å². The molecule has 176 valence electrons. The topological polar surface area (TPSA) is 149 Å². The Morgan fingerprint density at radius 2 is 1.97 bits per heavy atom. The molecule has 12 heteroatoms. The Morgan fingerprint density at radius 3 is 2.52 bits per heavy atom. The van der Waals surface area contributed by atoms with E-state index in [0.29, 0.717) is 28.8 Å². The number of aromatic nitrogens is 2. The number of carbonyl (C=O) groups excluding carboxylic acids is 1. The van der Waals surface area contributed by atoms with Gasteiger partial charge in [0.2, 0.25) is 11.8 Å². The van der Waals surface area contributed by atoms with Crippen LogP contribution in [0.5, 0.6) is 11.6 Å². The maximum atomic E-state index is 13.1. The first-order valence-corrected chi connectivity index (χ1v) is 12.2. The number of hydrogen-bond acceptors (Lipinski definition) is 9. The second kappa shape index (κ2) is 9.91. The molecule has 0 spiro atoms.